The van der Waals surface area contributed by atoms with Crippen molar-refractivity contribution < 1.29 is 4.74 Å². The van der Waals surface area contributed by atoms with Gasteiger partial charge in [0, 0.05) is 59.7 Å². The van der Waals surface area contributed by atoms with Crippen LogP contribution >= 0.6 is 0 Å². The highest BCUT2D eigenvalue weighted by Gasteiger charge is 2.19. The summed E-state index contributed by atoms with van der Waals surface area (Å²) in [5, 5.41) is 11.4. The highest BCUT2D eigenvalue weighted by atomic mass is 16.5. The van der Waals surface area contributed by atoms with E-state index in [0.717, 1.165) is 58.7 Å². The molecule has 0 amide bonds. The molecule has 1 saturated heterocycles. The molecule has 3 N–H and O–H groups in total. The molecular formula is C19H19N7O. The average Bonchev–Trinajstić information content (AvgIpc) is 3.39. The van der Waals surface area contributed by atoms with Gasteiger partial charge in [0.15, 0.2) is 5.82 Å². The second kappa shape index (κ2) is 6.81. The van der Waals surface area contributed by atoms with Gasteiger partial charge in [-0.2, -0.15) is 5.10 Å². The molecule has 8 heteroatoms. The van der Waals surface area contributed by atoms with E-state index < -0.39 is 0 Å². The Morgan fingerprint density at radius 3 is 2.89 bits per heavy atom. The van der Waals surface area contributed by atoms with E-state index >= 15 is 0 Å². The first-order valence-corrected chi connectivity index (χ1v) is 9.00. The van der Waals surface area contributed by atoms with E-state index in [1.807, 2.05) is 18.6 Å². The van der Waals surface area contributed by atoms with E-state index in [2.05, 4.69) is 41.5 Å². The van der Waals surface area contributed by atoms with Crippen molar-refractivity contribution in [2.75, 3.05) is 18.5 Å². The van der Waals surface area contributed by atoms with Gasteiger partial charge in [0.25, 0.3) is 0 Å². The van der Waals surface area contributed by atoms with E-state index in [4.69, 9.17) is 4.74 Å². The lowest BCUT2D eigenvalue weighted by atomic mass is 10.1. The minimum absolute atomic E-state index is 0.249. The van der Waals surface area contributed by atoms with Crippen LogP contribution in [0.1, 0.15) is 12.8 Å². The predicted octanol–water partition coefficient (Wildman–Crippen LogP) is 3.00. The largest absolute Gasteiger partial charge is 0.379 e. The van der Waals surface area contributed by atoms with Crippen molar-refractivity contribution in [1.82, 2.24) is 30.1 Å². The van der Waals surface area contributed by atoms with Gasteiger partial charge in [0.2, 0.25) is 0 Å². The SMILES string of the molecule is c1cnc(-c2c[nH]c3ncc(-c4cn[nH]c4)cc23)c(NC2CCCOC2)n1. The number of H-pyrrole nitrogens is 2. The molecule has 136 valence electrons. The summed E-state index contributed by atoms with van der Waals surface area (Å²) >= 11 is 0. The van der Waals surface area contributed by atoms with Crippen LogP contribution in [0, 0.1) is 0 Å². The Hall–Kier alpha value is -3.26. The van der Waals surface area contributed by atoms with Crippen LogP contribution in [0.3, 0.4) is 0 Å². The van der Waals surface area contributed by atoms with Gasteiger partial charge in [-0.15, -0.1) is 0 Å². The Morgan fingerprint density at radius 1 is 1.07 bits per heavy atom. The van der Waals surface area contributed by atoms with Crippen molar-refractivity contribution in [1.29, 1.82) is 0 Å². The summed E-state index contributed by atoms with van der Waals surface area (Å²) in [5.74, 6) is 0.766. The number of hydrogen-bond donors (Lipinski definition) is 3. The highest BCUT2D eigenvalue weighted by molar-refractivity contribution is 5.97. The number of rotatable bonds is 4. The molecule has 0 spiro atoms. The molecule has 0 aliphatic carbocycles. The lowest BCUT2D eigenvalue weighted by Gasteiger charge is -2.24. The van der Waals surface area contributed by atoms with Crippen LogP contribution in [0.2, 0.25) is 0 Å². The lowest BCUT2D eigenvalue weighted by molar-refractivity contribution is 0.0875. The number of nitrogens with one attached hydrogen (secondary N) is 3. The molecule has 0 radical (unpaired) electrons. The maximum Gasteiger partial charge on any atom is 0.152 e. The van der Waals surface area contributed by atoms with Gasteiger partial charge in [0.05, 0.1) is 18.8 Å². The number of ether oxygens (including phenoxy) is 1. The van der Waals surface area contributed by atoms with E-state index in [-0.39, 0.29) is 6.04 Å². The molecule has 0 bridgehead atoms. The quantitative estimate of drug-likeness (QED) is 0.516. The molecule has 1 atom stereocenters. The fourth-order valence-corrected chi connectivity index (χ4v) is 3.45. The minimum atomic E-state index is 0.249. The van der Waals surface area contributed by atoms with Crippen LogP contribution in [0.15, 0.2) is 43.2 Å². The maximum absolute atomic E-state index is 5.58. The molecular weight excluding hydrogens is 342 g/mol. The third kappa shape index (κ3) is 3.04. The summed E-state index contributed by atoms with van der Waals surface area (Å²) in [4.78, 5) is 16.9. The van der Waals surface area contributed by atoms with Crippen LogP contribution in [0.5, 0.6) is 0 Å². The molecule has 4 aromatic rings. The molecule has 1 unspecified atom stereocenters. The van der Waals surface area contributed by atoms with Gasteiger partial charge < -0.3 is 15.0 Å². The smallest absolute Gasteiger partial charge is 0.152 e. The van der Waals surface area contributed by atoms with Crippen molar-refractivity contribution in [3.63, 3.8) is 0 Å². The van der Waals surface area contributed by atoms with Crippen LogP contribution < -0.4 is 5.32 Å². The normalized spacial score (nSPS) is 17.3. The third-order valence-corrected chi connectivity index (χ3v) is 4.82. The Bertz CT molecular complexity index is 1050. The second-order valence-corrected chi connectivity index (χ2v) is 6.62. The van der Waals surface area contributed by atoms with Crippen LogP contribution in [-0.4, -0.2) is 49.4 Å². The van der Waals surface area contributed by atoms with Crippen LogP contribution in [0.4, 0.5) is 5.82 Å². The number of anilines is 1. The van der Waals surface area contributed by atoms with Gasteiger partial charge in [-0.1, -0.05) is 0 Å². The number of nitrogens with zero attached hydrogens (tertiary/aromatic N) is 4. The van der Waals surface area contributed by atoms with E-state index in [0.29, 0.717) is 6.61 Å². The lowest BCUT2D eigenvalue weighted by Crippen LogP contribution is -2.30. The predicted molar refractivity (Wildman–Crippen MR) is 102 cm³/mol. The third-order valence-electron chi connectivity index (χ3n) is 4.82. The van der Waals surface area contributed by atoms with Gasteiger partial charge in [-0.25, -0.2) is 9.97 Å². The molecule has 8 nitrogen and oxygen atoms in total. The van der Waals surface area contributed by atoms with Crippen molar-refractivity contribution in [2.45, 2.75) is 18.9 Å². The van der Waals surface area contributed by atoms with Crippen molar-refractivity contribution >= 4 is 16.9 Å². The maximum atomic E-state index is 5.58. The topological polar surface area (TPSA) is 104 Å². The molecule has 0 saturated carbocycles. The summed E-state index contributed by atoms with van der Waals surface area (Å²) in [7, 11) is 0. The van der Waals surface area contributed by atoms with Crippen molar-refractivity contribution in [2.24, 2.45) is 0 Å². The first-order chi connectivity index (χ1) is 13.4. The molecule has 5 rings (SSSR count). The number of fused-ring (bicyclic) bond motifs is 1. The van der Waals surface area contributed by atoms with E-state index in [9.17, 15) is 0 Å². The Morgan fingerprint density at radius 2 is 2.04 bits per heavy atom. The number of pyridine rings is 1. The summed E-state index contributed by atoms with van der Waals surface area (Å²) in [6, 6.07) is 2.35. The summed E-state index contributed by atoms with van der Waals surface area (Å²) < 4.78 is 5.58. The van der Waals surface area contributed by atoms with Gasteiger partial charge in [-0.3, -0.25) is 10.1 Å². The van der Waals surface area contributed by atoms with Crippen LogP contribution in [-0.2, 0) is 4.74 Å². The van der Waals surface area contributed by atoms with Gasteiger partial charge >= 0.3 is 0 Å². The number of aromatic amines is 2. The molecule has 27 heavy (non-hydrogen) atoms. The second-order valence-electron chi connectivity index (χ2n) is 6.62. The summed E-state index contributed by atoms with van der Waals surface area (Å²) in [6.07, 6.45) is 12.9. The molecule has 5 heterocycles. The molecule has 1 fully saturated rings. The van der Waals surface area contributed by atoms with Crippen molar-refractivity contribution in [3.8, 4) is 22.4 Å². The fourth-order valence-electron chi connectivity index (χ4n) is 3.45. The Kier molecular flexibility index (Phi) is 4.02. The summed E-state index contributed by atoms with van der Waals surface area (Å²) in [5.41, 5.74) is 4.58. The molecule has 1 aliphatic rings. The zero-order valence-corrected chi connectivity index (χ0v) is 14.6. The summed E-state index contributed by atoms with van der Waals surface area (Å²) in [6.45, 7) is 1.52. The monoisotopic (exact) mass is 361 g/mol. The highest BCUT2D eigenvalue weighted by Crippen LogP contribution is 2.33. The standard InChI is InChI=1S/C19H19N7O/c1-2-14(11-27-5-1)26-19-17(20-3-4-21-19)16-10-23-18-15(16)6-12(7-22-18)13-8-24-25-9-13/h3-4,6-10,14H,1-2,5,11H2,(H,21,26)(H,22,23)(H,24,25). The fraction of sp³-hybridized carbons (Fsp3) is 0.263. The zero-order valence-electron chi connectivity index (χ0n) is 14.6. The Labute approximate surface area is 155 Å². The van der Waals surface area contributed by atoms with Crippen LogP contribution in [0.25, 0.3) is 33.4 Å². The molecule has 0 aromatic carbocycles. The molecule has 4 aromatic heterocycles. The minimum Gasteiger partial charge on any atom is -0.379 e. The first kappa shape index (κ1) is 16.0. The number of aromatic nitrogens is 6. The van der Waals surface area contributed by atoms with Gasteiger partial charge in [-0.05, 0) is 18.9 Å². The van der Waals surface area contributed by atoms with E-state index in [1.54, 1.807) is 18.6 Å². The Balaban J connectivity index is 1.56. The number of hydrogen-bond acceptors (Lipinski definition) is 6. The average molecular weight is 361 g/mol. The zero-order chi connectivity index (χ0) is 18.1. The van der Waals surface area contributed by atoms with Crippen molar-refractivity contribution in [3.05, 3.63) is 43.2 Å². The van der Waals surface area contributed by atoms with E-state index in [1.165, 1.54) is 0 Å². The van der Waals surface area contributed by atoms with Gasteiger partial charge in [0.1, 0.15) is 11.3 Å². The first-order valence-electron chi connectivity index (χ1n) is 9.00. The molecule has 1 aliphatic heterocycles.